The summed E-state index contributed by atoms with van der Waals surface area (Å²) in [7, 11) is 0. The van der Waals surface area contributed by atoms with Crippen LogP contribution in [0.15, 0.2) is 30.3 Å². The van der Waals surface area contributed by atoms with Crippen LogP contribution in [0.3, 0.4) is 0 Å². The van der Waals surface area contributed by atoms with Crippen molar-refractivity contribution in [3.63, 3.8) is 0 Å². The molecule has 0 radical (unpaired) electrons. The smallest absolute Gasteiger partial charge is 0.256 e. The number of nitrogens with zero attached hydrogens (tertiary/aromatic N) is 3. The van der Waals surface area contributed by atoms with E-state index in [4.69, 9.17) is 0 Å². The Hall–Kier alpha value is -3.63. The van der Waals surface area contributed by atoms with Crippen molar-refractivity contribution in [2.24, 2.45) is 0 Å². The molecule has 5 heterocycles. The van der Waals surface area contributed by atoms with E-state index >= 15 is 0 Å². The Bertz CT molecular complexity index is 1300. The van der Waals surface area contributed by atoms with Crippen molar-refractivity contribution in [2.45, 2.75) is 57.0 Å². The molecule has 0 aliphatic carbocycles. The fourth-order valence-corrected chi connectivity index (χ4v) is 5.65. The predicted molar refractivity (Wildman–Crippen MR) is 126 cm³/mol. The second-order valence-corrected chi connectivity index (χ2v) is 10.1. The van der Waals surface area contributed by atoms with Gasteiger partial charge in [0.1, 0.15) is 11.6 Å². The Morgan fingerprint density at radius 2 is 1.86 bits per heavy atom. The molecule has 4 aliphatic heterocycles. The maximum atomic E-state index is 12.9. The number of pyridine rings is 1. The van der Waals surface area contributed by atoms with E-state index in [0.29, 0.717) is 62.4 Å². The van der Waals surface area contributed by atoms with Gasteiger partial charge >= 0.3 is 0 Å². The molecular weight excluding hydrogens is 462 g/mol. The maximum Gasteiger partial charge on any atom is 0.256 e. The normalized spacial score (nSPS) is 23.4. The van der Waals surface area contributed by atoms with Gasteiger partial charge in [0.25, 0.3) is 11.8 Å². The highest BCUT2D eigenvalue weighted by molar-refractivity contribution is 6.05. The number of carbonyl (C=O) groups is 4. The van der Waals surface area contributed by atoms with Crippen molar-refractivity contribution in [3.8, 4) is 0 Å². The summed E-state index contributed by atoms with van der Waals surface area (Å²) in [5.41, 5.74) is 3.25. The lowest BCUT2D eigenvalue weighted by molar-refractivity contribution is -0.136. The van der Waals surface area contributed by atoms with Crippen molar-refractivity contribution in [1.29, 1.82) is 0 Å². The molecule has 3 N–H and O–H groups in total. The van der Waals surface area contributed by atoms with Crippen LogP contribution >= 0.6 is 0 Å². The third-order valence-corrected chi connectivity index (χ3v) is 7.80. The molecule has 2 fully saturated rings. The molecule has 2 aromatic rings. The SMILES string of the molecule is O=C1CCC(N2Cc3nc(C4(O)CCN(Cc5ccc6c(c5)C(=O)NC6)CC4)ccc3C2=O)C(=O)N1. The van der Waals surface area contributed by atoms with Gasteiger partial charge in [0, 0.05) is 38.2 Å². The molecule has 0 saturated carbocycles. The Morgan fingerprint density at radius 3 is 2.64 bits per heavy atom. The number of aromatic nitrogens is 1. The minimum absolute atomic E-state index is 0.0304. The standard InChI is InChI=1S/C26H27N5O5/c32-22-6-4-20(24(34)29-22)31-14-19-17(25(31)35)3-5-21(28-19)26(36)7-9-30(10-8-26)13-15-1-2-16-12-27-23(33)18(16)11-15/h1-3,5,11,20,36H,4,6-10,12-14H2,(H,27,33)(H,29,32,34). The number of hydrogen-bond donors (Lipinski definition) is 3. The van der Waals surface area contributed by atoms with E-state index in [1.807, 2.05) is 18.2 Å². The lowest BCUT2D eigenvalue weighted by Crippen LogP contribution is -2.52. The van der Waals surface area contributed by atoms with Gasteiger partial charge in [-0.05, 0) is 48.6 Å². The highest BCUT2D eigenvalue weighted by Gasteiger charge is 2.41. The number of aliphatic hydroxyl groups is 1. The molecule has 0 spiro atoms. The van der Waals surface area contributed by atoms with Crippen LogP contribution < -0.4 is 10.6 Å². The summed E-state index contributed by atoms with van der Waals surface area (Å²) in [6.45, 7) is 2.79. The van der Waals surface area contributed by atoms with Gasteiger partial charge in [-0.25, -0.2) is 0 Å². The van der Waals surface area contributed by atoms with Crippen LogP contribution in [0.1, 0.15) is 68.9 Å². The van der Waals surface area contributed by atoms with E-state index in [9.17, 15) is 24.3 Å². The van der Waals surface area contributed by atoms with Gasteiger partial charge in [-0.3, -0.25) is 34.4 Å². The summed E-state index contributed by atoms with van der Waals surface area (Å²) < 4.78 is 0. The maximum absolute atomic E-state index is 12.9. The fourth-order valence-electron chi connectivity index (χ4n) is 5.65. The largest absolute Gasteiger partial charge is 0.383 e. The van der Waals surface area contributed by atoms with Crippen LogP contribution in [0.2, 0.25) is 0 Å². The number of benzene rings is 1. The molecule has 0 bridgehead atoms. The number of hydrogen-bond acceptors (Lipinski definition) is 7. The summed E-state index contributed by atoms with van der Waals surface area (Å²) in [6.07, 6.45) is 1.49. The summed E-state index contributed by atoms with van der Waals surface area (Å²) >= 11 is 0. The van der Waals surface area contributed by atoms with E-state index in [-0.39, 0.29) is 30.7 Å². The summed E-state index contributed by atoms with van der Waals surface area (Å²) in [5, 5.41) is 16.6. The Labute approximate surface area is 207 Å². The first kappa shape index (κ1) is 22.8. The molecule has 6 rings (SSSR count). The monoisotopic (exact) mass is 489 g/mol. The van der Waals surface area contributed by atoms with Crippen LogP contribution in [0.4, 0.5) is 0 Å². The molecule has 1 unspecified atom stereocenters. The molecule has 4 amide bonds. The average molecular weight is 490 g/mol. The number of nitrogens with one attached hydrogen (secondary N) is 2. The van der Waals surface area contributed by atoms with E-state index in [2.05, 4.69) is 20.5 Å². The van der Waals surface area contributed by atoms with E-state index in [1.165, 1.54) is 4.90 Å². The average Bonchev–Trinajstić information content (AvgIpc) is 3.40. The molecule has 10 heteroatoms. The highest BCUT2D eigenvalue weighted by atomic mass is 16.3. The Kier molecular flexibility index (Phi) is 5.38. The summed E-state index contributed by atoms with van der Waals surface area (Å²) in [6, 6.07) is 8.70. The molecule has 10 nitrogen and oxygen atoms in total. The number of carbonyl (C=O) groups excluding carboxylic acids is 4. The van der Waals surface area contributed by atoms with Crippen molar-refractivity contribution < 1.29 is 24.3 Å². The third kappa shape index (κ3) is 3.86. The molecule has 186 valence electrons. The molecule has 1 atom stereocenters. The highest BCUT2D eigenvalue weighted by Crippen LogP contribution is 2.35. The zero-order valence-corrected chi connectivity index (χ0v) is 19.7. The topological polar surface area (TPSA) is 132 Å². The second kappa shape index (κ2) is 8.49. The minimum Gasteiger partial charge on any atom is -0.383 e. The second-order valence-electron chi connectivity index (χ2n) is 10.1. The number of imide groups is 1. The number of amides is 4. The third-order valence-electron chi connectivity index (χ3n) is 7.80. The zero-order valence-electron chi connectivity index (χ0n) is 19.7. The fraction of sp³-hybridized carbons (Fsp3) is 0.423. The van der Waals surface area contributed by atoms with Crippen LogP contribution in [0.25, 0.3) is 0 Å². The molecule has 2 saturated heterocycles. The molecule has 1 aromatic heterocycles. The molecule has 1 aromatic carbocycles. The quantitative estimate of drug-likeness (QED) is 0.535. The first-order chi connectivity index (χ1) is 17.3. The number of piperidine rings is 2. The van der Waals surface area contributed by atoms with Gasteiger partial charge in [-0.2, -0.15) is 0 Å². The van der Waals surface area contributed by atoms with Crippen molar-refractivity contribution >= 4 is 23.6 Å². The minimum atomic E-state index is -1.10. The Morgan fingerprint density at radius 1 is 1.06 bits per heavy atom. The zero-order chi connectivity index (χ0) is 25.0. The van der Waals surface area contributed by atoms with Crippen molar-refractivity contribution in [3.05, 3.63) is 64.0 Å². The molecule has 4 aliphatic rings. The van der Waals surface area contributed by atoms with Gasteiger partial charge in [0.15, 0.2) is 0 Å². The van der Waals surface area contributed by atoms with Gasteiger partial charge < -0.3 is 15.3 Å². The van der Waals surface area contributed by atoms with E-state index in [0.717, 1.165) is 16.7 Å². The van der Waals surface area contributed by atoms with Crippen molar-refractivity contribution in [2.75, 3.05) is 13.1 Å². The lowest BCUT2D eigenvalue weighted by atomic mass is 9.87. The van der Waals surface area contributed by atoms with Gasteiger partial charge in [-0.1, -0.05) is 12.1 Å². The molecular formula is C26H27N5O5. The summed E-state index contributed by atoms with van der Waals surface area (Å²) in [5.74, 6) is -1.08. The van der Waals surface area contributed by atoms with Gasteiger partial charge in [0.05, 0.1) is 23.5 Å². The van der Waals surface area contributed by atoms with Crippen LogP contribution in [-0.2, 0) is 34.8 Å². The lowest BCUT2D eigenvalue weighted by Gasteiger charge is -2.38. The number of fused-ring (bicyclic) bond motifs is 2. The van der Waals surface area contributed by atoms with Crippen LogP contribution in [-0.4, -0.2) is 62.7 Å². The first-order valence-electron chi connectivity index (χ1n) is 12.3. The van der Waals surface area contributed by atoms with Crippen LogP contribution in [0.5, 0.6) is 0 Å². The summed E-state index contributed by atoms with van der Waals surface area (Å²) in [4.78, 5) is 57.0. The van der Waals surface area contributed by atoms with Gasteiger partial charge in [0.2, 0.25) is 11.8 Å². The number of rotatable bonds is 4. The number of likely N-dealkylation sites (tertiary alicyclic amines) is 1. The van der Waals surface area contributed by atoms with Gasteiger partial charge in [-0.15, -0.1) is 0 Å². The molecule has 36 heavy (non-hydrogen) atoms. The van der Waals surface area contributed by atoms with Crippen LogP contribution in [0, 0.1) is 0 Å². The first-order valence-corrected chi connectivity index (χ1v) is 12.3. The van der Waals surface area contributed by atoms with E-state index in [1.54, 1.807) is 12.1 Å². The predicted octanol–water partition coefficient (Wildman–Crippen LogP) is 0.570. The van der Waals surface area contributed by atoms with E-state index < -0.39 is 17.6 Å². The Balaban J connectivity index is 1.12. The van der Waals surface area contributed by atoms with Crippen molar-refractivity contribution in [1.82, 2.24) is 25.4 Å².